The van der Waals surface area contributed by atoms with Crippen molar-refractivity contribution in [3.05, 3.63) is 36.4 Å². The van der Waals surface area contributed by atoms with Gasteiger partial charge in [-0.15, -0.1) is 0 Å². The molecular formula is C22H27N3O4S. The van der Waals surface area contributed by atoms with E-state index in [9.17, 15) is 23.0 Å². The molecular weight excluding hydrogens is 402 g/mol. The van der Waals surface area contributed by atoms with Crippen molar-refractivity contribution in [2.24, 2.45) is 0 Å². The minimum atomic E-state index is -4.34. The molecule has 1 aliphatic heterocycles. The largest absolute Gasteiger partial charge is 0.326 e. The Bertz CT molecular complexity index is 1150. The molecule has 0 aliphatic carbocycles. The highest BCUT2D eigenvalue weighted by Gasteiger charge is 2.68. The molecule has 0 saturated carbocycles. The minimum absolute atomic E-state index is 0.114. The molecule has 1 atom stereocenters. The van der Waals surface area contributed by atoms with Crippen LogP contribution in [0.1, 0.15) is 47.5 Å². The van der Waals surface area contributed by atoms with Gasteiger partial charge in [0.2, 0.25) is 5.91 Å². The summed E-state index contributed by atoms with van der Waals surface area (Å²) in [6.45, 7) is 10.2. The third kappa shape index (κ3) is 3.69. The standard InChI is InChI=1S/C22H27N3O4S/c1-20(2)21(3,4)25(20)22(5,14-23)12-11-19(26)24-16-9-10-17-15(13-16)7-6-8-18(17)30(27,28)29/h6-10,13H,11-12H2,1-5H3,(H,24,26)(H,27,28,29). The maximum atomic E-state index is 12.5. The Labute approximate surface area is 177 Å². The quantitative estimate of drug-likeness (QED) is 0.531. The van der Waals surface area contributed by atoms with Crippen molar-refractivity contribution in [1.29, 1.82) is 5.26 Å². The van der Waals surface area contributed by atoms with E-state index >= 15 is 0 Å². The zero-order valence-corrected chi connectivity index (χ0v) is 18.7. The minimum Gasteiger partial charge on any atom is -0.326 e. The summed E-state index contributed by atoms with van der Waals surface area (Å²) in [4.78, 5) is 14.5. The van der Waals surface area contributed by atoms with Crippen LogP contribution in [0.2, 0.25) is 0 Å². The molecule has 1 unspecified atom stereocenters. The van der Waals surface area contributed by atoms with E-state index in [0.29, 0.717) is 22.9 Å². The van der Waals surface area contributed by atoms with Crippen LogP contribution in [0.4, 0.5) is 5.69 Å². The highest BCUT2D eigenvalue weighted by Crippen LogP contribution is 2.56. The van der Waals surface area contributed by atoms with Crippen molar-refractivity contribution >= 4 is 32.5 Å². The van der Waals surface area contributed by atoms with Crippen molar-refractivity contribution in [3.63, 3.8) is 0 Å². The Morgan fingerprint density at radius 1 is 1.20 bits per heavy atom. The molecule has 1 saturated heterocycles. The van der Waals surface area contributed by atoms with Gasteiger partial charge in [0.25, 0.3) is 10.1 Å². The number of carbonyl (C=O) groups is 1. The molecule has 0 spiro atoms. The van der Waals surface area contributed by atoms with Gasteiger partial charge in [0.15, 0.2) is 0 Å². The van der Waals surface area contributed by atoms with E-state index in [2.05, 4.69) is 44.0 Å². The van der Waals surface area contributed by atoms with Gasteiger partial charge in [-0.25, -0.2) is 0 Å². The molecule has 30 heavy (non-hydrogen) atoms. The summed E-state index contributed by atoms with van der Waals surface area (Å²) in [6, 6.07) is 11.7. The lowest BCUT2D eigenvalue weighted by atomic mass is 9.96. The van der Waals surface area contributed by atoms with Crippen molar-refractivity contribution in [1.82, 2.24) is 4.90 Å². The molecule has 1 amide bonds. The molecule has 0 bridgehead atoms. The van der Waals surface area contributed by atoms with Crippen LogP contribution < -0.4 is 5.32 Å². The lowest BCUT2D eigenvalue weighted by molar-refractivity contribution is -0.116. The number of anilines is 1. The number of hydrogen-bond acceptors (Lipinski definition) is 5. The lowest BCUT2D eigenvalue weighted by Crippen LogP contribution is -2.38. The predicted molar refractivity (Wildman–Crippen MR) is 116 cm³/mol. The van der Waals surface area contributed by atoms with Gasteiger partial charge in [-0.3, -0.25) is 14.2 Å². The van der Waals surface area contributed by atoms with Crippen LogP contribution in [-0.4, -0.2) is 40.4 Å². The first-order chi connectivity index (χ1) is 13.7. The average Bonchev–Trinajstić information content (AvgIpc) is 3.07. The van der Waals surface area contributed by atoms with Gasteiger partial charge in [0.05, 0.1) is 6.07 Å². The molecule has 0 radical (unpaired) electrons. The first-order valence-corrected chi connectivity index (χ1v) is 11.2. The number of nitrogens with one attached hydrogen (secondary N) is 1. The Kier molecular flexibility index (Phi) is 5.22. The van der Waals surface area contributed by atoms with E-state index in [0.717, 1.165) is 0 Å². The average molecular weight is 430 g/mol. The Hall–Kier alpha value is -2.47. The molecule has 3 rings (SSSR count). The monoisotopic (exact) mass is 429 g/mol. The number of hydrogen-bond donors (Lipinski definition) is 2. The number of fused-ring (bicyclic) bond motifs is 1. The van der Waals surface area contributed by atoms with Crippen molar-refractivity contribution < 1.29 is 17.8 Å². The molecule has 8 heteroatoms. The lowest BCUT2D eigenvalue weighted by Gasteiger charge is -2.27. The van der Waals surface area contributed by atoms with Gasteiger partial charge in [-0.05, 0) is 64.6 Å². The molecule has 2 N–H and O–H groups in total. The number of carbonyl (C=O) groups excluding carboxylic acids is 1. The number of nitriles is 1. The van der Waals surface area contributed by atoms with Gasteiger partial charge < -0.3 is 5.32 Å². The Morgan fingerprint density at radius 3 is 2.37 bits per heavy atom. The zero-order chi connectivity index (χ0) is 22.5. The normalized spacial score (nSPS) is 19.6. The fourth-order valence-electron chi connectivity index (χ4n) is 4.51. The van der Waals surface area contributed by atoms with Gasteiger partial charge in [0, 0.05) is 28.6 Å². The second kappa shape index (κ2) is 7.05. The SMILES string of the molecule is CC(C#N)(CCC(=O)Nc1ccc2c(S(=O)(=O)O)cccc2c1)N1C(C)(C)C1(C)C. The predicted octanol–water partition coefficient (Wildman–Crippen LogP) is 3.96. The molecule has 2 aromatic carbocycles. The summed E-state index contributed by atoms with van der Waals surface area (Å²) in [5.74, 6) is -0.223. The van der Waals surface area contributed by atoms with Crippen molar-refractivity contribution in [3.8, 4) is 6.07 Å². The van der Waals surface area contributed by atoms with Crippen molar-refractivity contribution in [2.45, 2.75) is 69.0 Å². The first kappa shape index (κ1) is 22.2. The number of amides is 1. The van der Waals surface area contributed by atoms with Crippen LogP contribution in [-0.2, 0) is 14.9 Å². The molecule has 1 fully saturated rings. The third-order valence-corrected chi connectivity index (χ3v) is 7.45. The molecule has 2 aromatic rings. The topological polar surface area (TPSA) is 110 Å². The Morgan fingerprint density at radius 2 is 1.83 bits per heavy atom. The zero-order valence-electron chi connectivity index (χ0n) is 17.9. The van der Waals surface area contributed by atoms with Crippen LogP contribution in [0.25, 0.3) is 10.8 Å². The van der Waals surface area contributed by atoms with E-state index in [1.54, 1.807) is 24.3 Å². The van der Waals surface area contributed by atoms with Crippen LogP contribution >= 0.6 is 0 Å². The van der Waals surface area contributed by atoms with E-state index < -0.39 is 15.7 Å². The van der Waals surface area contributed by atoms with Crippen LogP contribution in [0.15, 0.2) is 41.3 Å². The summed E-state index contributed by atoms with van der Waals surface area (Å²) in [5.41, 5.74) is -0.460. The van der Waals surface area contributed by atoms with Crippen LogP contribution in [0.5, 0.6) is 0 Å². The van der Waals surface area contributed by atoms with Crippen LogP contribution in [0.3, 0.4) is 0 Å². The number of nitrogens with zero attached hydrogens (tertiary/aromatic N) is 2. The maximum absolute atomic E-state index is 12.5. The number of rotatable bonds is 6. The van der Waals surface area contributed by atoms with Gasteiger partial charge in [0.1, 0.15) is 10.4 Å². The summed E-state index contributed by atoms with van der Waals surface area (Å²) < 4.78 is 32.4. The molecule has 160 valence electrons. The van der Waals surface area contributed by atoms with E-state index in [1.165, 1.54) is 12.1 Å². The van der Waals surface area contributed by atoms with E-state index in [-0.39, 0.29) is 28.3 Å². The molecule has 7 nitrogen and oxygen atoms in total. The fraction of sp³-hybridized carbons (Fsp3) is 0.455. The molecule has 1 aliphatic rings. The summed E-state index contributed by atoms with van der Waals surface area (Å²) in [7, 11) is -4.34. The molecule has 1 heterocycles. The van der Waals surface area contributed by atoms with E-state index in [4.69, 9.17) is 0 Å². The smallest absolute Gasteiger partial charge is 0.295 e. The highest BCUT2D eigenvalue weighted by molar-refractivity contribution is 7.86. The summed E-state index contributed by atoms with van der Waals surface area (Å²) >= 11 is 0. The second-order valence-corrected chi connectivity index (χ2v) is 10.4. The third-order valence-electron chi connectivity index (χ3n) is 6.54. The Balaban J connectivity index is 1.73. The second-order valence-electron chi connectivity index (χ2n) is 9.05. The van der Waals surface area contributed by atoms with Gasteiger partial charge in [-0.2, -0.15) is 13.7 Å². The summed E-state index contributed by atoms with van der Waals surface area (Å²) in [6.07, 6.45) is 0.568. The van der Waals surface area contributed by atoms with E-state index in [1.807, 2.05) is 6.92 Å². The van der Waals surface area contributed by atoms with Crippen LogP contribution in [0, 0.1) is 11.3 Å². The fourth-order valence-corrected chi connectivity index (χ4v) is 5.22. The van der Waals surface area contributed by atoms with Gasteiger partial charge in [-0.1, -0.05) is 18.2 Å². The molecule has 0 aromatic heterocycles. The maximum Gasteiger partial charge on any atom is 0.295 e. The highest BCUT2D eigenvalue weighted by atomic mass is 32.2. The van der Waals surface area contributed by atoms with Crippen molar-refractivity contribution in [2.75, 3.05) is 5.32 Å². The number of benzene rings is 2. The summed E-state index contributed by atoms with van der Waals surface area (Å²) in [5, 5.41) is 13.5. The first-order valence-electron chi connectivity index (χ1n) is 9.76. The van der Waals surface area contributed by atoms with Gasteiger partial charge >= 0.3 is 0 Å².